The summed E-state index contributed by atoms with van der Waals surface area (Å²) in [7, 11) is 0. The second-order valence-electron chi connectivity index (χ2n) is 4.93. The number of Topliss-reactive ketones (excluding diaryl/α,β-unsaturated/α-hetero) is 1. The van der Waals surface area contributed by atoms with Gasteiger partial charge in [0.2, 0.25) is 0 Å². The number of benzene rings is 2. The van der Waals surface area contributed by atoms with Crippen LogP contribution < -0.4 is 10.2 Å². The smallest absolute Gasteiger partial charge is 0.197 e. The molecule has 3 rings (SSSR count). The van der Waals surface area contributed by atoms with Gasteiger partial charge in [0.1, 0.15) is 23.3 Å². The standard InChI is InChI=1S/C18H14O4/c1-12(19)17-10-14(20)18-15(8-5-9-16(18)22-17)21-11-13-6-3-2-4-7-13/h2-10H,11H2,1H3. The van der Waals surface area contributed by atoms with E-state index in [1.54, 1.807) is 18.2 Å². The molecular weight excluding hydrogens is 280 g/mol. The molecule has 0 saturated carbocycles. The second kappa shape index (κ2) is 5.85. The van der Waals surface area contributed by atoms with E-state index in [0.717, 1.165) is 5.56 Å². The minimum Gasteiger partial charge on any atom is -0.488 e. The maximum atomic E-state index is 12.2. The van der Waals surface area contributed by atoms with E-state index in [1.807, 2.05) is 30.3 Å². The van der Waals surface area contributed by atoms with Crippen LogP contribution in [0.3, 0.4) is 0 Å². The summed E-state index contributed by atoms with van der Waals surface area (Å²) < 4.78 is 11.2. The van der Waals surface area contributed by atoms with E-state index in [1.165, 1.54) is 13.0 Å². The summed E-state index contributed by atoms with van der Waals surface area (Å²) in [6.07, 6.45) is 0. The molecule has 4 nitrogen and oxygen atoms in total. The molecule has 1 aromatic heterocycles. The number of carbonyl (C=O) groups excluding carboxylic acids is 1. The quantitative estimate of drug-likeness (QED) is 0.690. The number of ketones is 1. The first-order valence-corrected chi connectivity index (χ1v) is 6.89. The average Bonchev–Trinajstić information content (AvgIpc) is 2.53. The summed E-state index contributed by atoms with van der Waals surface area (Å²) >= 11 is 0. The first-order chi connectivity index (χ1) is 10.6. The van der Waals surface area contributed by atoms with Crippen LogP contribution in [0.4, 0.5) is 0 Å². The van der Waals surface area contributed by atoms with Crippen molar-refractivity contribution in [3.8, 4) is 5.75 Å². The van der Waals surface area contributed by atoms with Gasteiger partial charge in [-0.1, -0.05) is 36.4 Å². The number of carbonyl (C=O) groups is 1. The van der Waals surface area contributed by atoms with Crippen LogP contribution >= 0.6 is 0 Å². The molecule has 0 fully saturated rings. The third-order valence-electron chi connectivity index (χ3n) is 3.30. The summed E-state index contributed by atoms with van der Waals surface area (Å²) in [5.41, 5.74) is 1.07. The van der Waals surface area contributed by atoms with Crippen molar-refractivity contribution in [2.24, 2.45) is 0 Å². The fourth-order valence-electron chi connectivity index (χ4n) is 2.21. The number of hydrogen-bond acceptors (Lipinski definition) is 4. The SMILES string of the molecule is CC(=O)c1cc(=O)c2c(OCc3ccccc3)cccc2o1. The van der Waals surface area contributed by atoms with E-state index in [-0.39, 0.29) is 17.0 Å². The van der Waals surface area contributed by atoms with Crippen molar-refractivity contribution in [1.82, 2.24) is 0 Å². The molecule has 0 unspecified atom stereocenters. The number of hydrogen-bond donors (Lipinski definition) is 0. The molecule has 0 radical (unpaired) electrons. The van der Waals surface area contributed by atoms with Crippen LogP contribution in [0.5, 0.6) is 5.75 Å². The highest BCUT2D eigenvalue weighted by Gasteiger charge is 2.12. The van der Waals surface area contributed by atoms with Gasteiger partial charge in [-0.25, -0.2) is 0 Å². The number of rotatable bonds is 4. The predicted octanol–water partition coefficient (Wildman–Crippen LogP) is 3.57. The molecule has 0 aliphatic heterocycles. The van der Waals surface area contributed by atoms with E-state index in [9.17, 15) is 9.59 Å². The second-order valence-corrected chi connectivity index (χ2v) is 4.93. The van der Waals surface area contributed by atoms with Crippen LogP contribution in [-0.4, -0.2) is 5.78 Å². The van der Waals surface area contributed by atoms with Gasteiger partial charge in [-0.15, -0.1) is 0 Å². The Labute approximate surface area is 127 Å². The van der Waals surface area contributed by atoms with Gasteiger partial charge in [0.05, 0.1) is 0 Å². The Morgan fingerprint density at radius 3 is 2.59 bits per heavy atom. The fraction of sp³-hybridized carbons (Fsp3) is 0.111. The average molecular weight is 294 g/mol. The number of fused-ring (bicyclic) bond motifs is 1. The van der Waals surface area contributed by atoms with Gasteiger partial charge in [0, 0.05) is 13.0 Å². The molecule has 110 valence electrons. The Hall–Kier alpha value is -2.88. The highest BCUT2D eigenvalue weighted by Crippen LogP contribution is 2.24. The predicted molar refractivity (Wildman–Crippen MR) is 83.3 cm³/mol. The van der Waals surface area contributed by atoms with Gasteiger partial charge in [-0.05, 0) is 17.7 Å². The van der Waals surface area contributed by atoms with E-state index < -0.39 is 0 Å². The molecule has 0 atom stereocenters. The van der Waals surface area contributed by atoms with Crippen molar-refractivity contribution in [2.75, 3.05) is 0 Å². The first kappa shape index (κ1) is 14.1. The molecule has 0 N–H and O–H groups in total. The van der Waals surface area contributed by atoms with Crippen molar-refractivity contribution < 1.29 is 13.9 Å². The largest absolute Gasteiger partial charge is 0.488 e. The summed E-state index contributed by atoms with van der Waals surface area (Å²) in [4.78, 5) is 23.6. The van der Waals surface area contributed by atoms with E-state index in [2.05, 4.69) is 0 Å². The van der Waals surface area contributed by atoms with Crippen molar-refractivity contribution in [2.45, 2.75) is 13.5 Å². The Balaban J connectivity index is 2.00. The minimum absolute atomic E-state index is 0.0534. The van der Waals surface area contributed by atoms with Crippen molar-refractivity contribution in [1.29, 1.82) is 0 Å². The fourth-order valence-corrected chi connectivity index (χ4v) is 2.21. The molecule has 22 heavy (non-hydrogen) atoms. The van der Waals surface area contributed by atoms with E-state index >= 15 is 0 Å². The van der Waals surface area contributed by atoms with Crippen LogP contribution in [0.1, 0.15) is 23.0 Å². The van der Waals surface area contributed by atoms with Crippen molar-refractivity contribution in [3.05, 3.63) is 76.1 Å². The zero-order valence-electron chi connectivity index (χ0n) is 12.0. The first-order valence-electron chi connectivity index (χ1n) is 6.89. The van der Waals surface area contributed by atoms with Gasteiger partial charge in [-0.2, -0.15) is 0 Å². The minimum atomic E-state index is -0.283. The molecule has 4 heteroatoms. The van der Waals surface area contributed by atoms with E-state index in [0.29, 0.717) is 23.3 Å². The topological polar surface area (TPSA) is 56.5 Å². The lowest BCUT2D eigenvalue weighted by Gasteiger charge is -2.09. The normalized spacial score (nSPS) is 10.6. The van der Waals surface area contributed by atoms with Gasteiger partial charge in [0.15, 0.2) is 17.0 Å². The Morgan fingerprint density at radius 1 is 1.09 bits per heavy atom. The van der Waals surface area contributed by atoms with Gasteiger partial charge in [0.25, 0.3) is 0 Å². The molecule has 1 heterocycles. The summed E-state index contributed by atoms with van der Waals surface area (Å²) in [6.45, 7) is 1.72. The molecule has 3 aromatic rings. The van der Waals surface area contributed by atoms with E-state index in [4.69, 9.17) is 9.15 Å². The third kappa shape index (κ3) is 2.76. The van der Waals surface area contributed by atoms with Crippen LogP contribution in [0.2, 0.25) is 0 Å². The van der Waals surface area contributed by atoms with Crippen LogP contribution in [-0.2, 0) is 6.61 Å². The maximum Gasteiger partial charge on any atom is 0.197 e. The Kier molecular flexibility index (Phi) is 3.74. The highest BCUT2D eigenvalue weighted by molar-refractivity contribution is 5.93. The lowest BCUT2D eigenvalue weighted by molar-refractivity contribution is 0.0987. The highest BCUT2D eigenvalue weighted by atomic mass is 16.5. The molecule has 0 spiro atoms. The van der Waals surface area contributed by atoms with Crippen molar-refractivity contribution >= 4 is 16.8 Å². The lowest BCUT2D eigenvalue weighted by Crippen LogP contribution is -2.07. The molecule has 0 aliphatic carbocycles. The summed E-state index contributed by atoms with van der Waals surface area (Å²) in [6, 6.07) is 16.0. The van der Waals surface area contributed by atoms with Gasteiger partial charge in [-0.3, -0.25) is 9.59 Å². The molecule has 0 aliphatic rings. The Bertz CT molecular complexity index is 878. The van der Waals surface area contributed by atoms with Crippen LogP contribution in [0.15, 0.2) is 63.8 Å². The zero-order chi connectivity index (χ0) is 15.5. The summed E-state index contributed by atoms with van der Waals surface area (Å²) in [5, 5.41) is 0.350. The number of ether oxygens (including phenoxy) is 1. The lowest BCUT2D eigenvalue weighted by atomic mass is 10.2. The van der Waals surface area contributed by atoms with Crippen molar-refractivity contribution in [3.63, 3.8) is 0 Å². The molecule has 0 saturated heterocycles. The third-order valence-corrected chi connectivity index (χ3v) is 3.30. The maximum absolute atomic E-state index is 12.2. The van der Waals surface area contributed by atoms with Gasteiger partial charge < -0.3 is 9.15 Å². The molecular formula is C18H14O4. The van der Waals surface area contributed by atoms with Crippen LogP contribution in [0, 0.1) is 0 Å². The molecule has 2 aromatic carbocycles. The molecule has 0 amide bonds. The van der Waals surface area contributed by atoms with Crippen LogP contribution in [0.25, 0.3) is 11.0 Å². The zero-order valence-corrected chi connectivity index (χ0v) is 12.0. The molecule has 0 bridgehead atoms. The Morgan fingerprint density at radius 2 is 1.86 bits per heavy atom. The van der Waals surface area contributed by atoms with Gasteiger partial charge >= 0.3 is 0 Å². The summed E-state index contributed by atoms with van der Waals surface area (Å²) in [5.74, 6) is 0.220. The monoisotopic (exact) mass is 294 g/mol.